The summed E-state index contributed by atoms with van der Waals surface area (Å²) in [5.41, 5.74) is 2.12. The summed E-state index contributed by atoms with van der Waals surface area (Å²) in [5.74, 6) is 1.59. The molecule has 1 atom stereocenters. The van der Waals surface area contributed by atoms with Gasteiger partial charge in [0.15, 0.2) is 11.5 Å². The number of nitrogens with one attached hydrogen (secondary N) is 1. The highest BCUT2D eigenvalue weighted by molar-refractivity contribution is 6.42. The molecular weight excluding hydrogens is 309 g/mol. The molecule has 5 heteroatoms. The molecule has 0 saturated carbocycles. The second-order valence-corrected chi connectivity index (χ2v) is 5.71. The van der Waals surface area contributed by atoms with Gasteiger partial charge in [0.05, 0.1) is 10.0 Å². The first-order chi connectivity index (χ1) is 10.1. The summed E-state index contributed by atoms with van der Waals surface area (Å²) in [7, 11) is 0. The van der Waals surface area contributed by atoms with Gasteiger partial charge in [0, 0.05) is 12.6 Å². The third kappa shape index (κ3) is 3.10. The quantitative estimate of drug-likeness (QED) is 0.893. The number of hydrogen-bond acceptors (Lipinski definition) is 3. The lowest BCUT2D eigenvalue weighted by Gasteiger charge is -2.15. The Balaban J connectivity index is 1.69. The highest BCUT2D eigenvalue weighted by Crippen LogP contribution is 2.34. The highest BCUT2D eigenvalue weighted by Gasteiger charge is 2.15. The maximum atomic E-state index is 6.19. The lowest BCUT2D eigenvalue weighted by molar-refractivity contribution is 0.174. The lowest BCUT2D eigenvalue weighted by atomic mass is 10.1. The van der Waals surface area contributed by atoms with Crippen molar-refractivity contribution in [2.75, 3.05) is 6.79 Å². The Morgan fingerprint density at radius 1 is 1.14 bits per heavy atom. The summed E-state index contributed by atoms with van der Waals surface area (Å²) >= 11 is 12.2. The summed E-state index contributed by atoms with van der Waals surface area (Å²) in [6, 6.07) is 11.8. The average molecular weight is 324 g/mol. The Morgan fingerprint density at radius 2 is 1.95 bits per heavy atom. The van der Waals surface area contributed by atoms with Gasteiger partial charge >= 0.3 is 0 Å². The smallest absolute Gasteiger partial charge is 0.231 e. The van der Waals surface area contributed by atoms with E-state index >= 15 is 0 Å². The Bertz CT molecular complexity index is 661. The van der Waals surface area contributed by atoms with Gasteiger partial charge in [0.1, 0.15) is 0 Å². The molecule has 110 valence electrons. The molecule has 0 bridgehead atoms. The predicted octanol–water partition coefficient (Wildman–Crippen LogP) is 4.57. The van der Waals surface area contributed by atoms with Crippen LogP contribution in [0.25, 0.3) is 0 Å². The molecule has 3 rings (SSSR count). The van der Waals surface area contributed by atoms with E-state index in [0.29, 0.717) is 23.4 Å². The van der Waals surface area contributed by atoms with Crippen LogP contribution < -0.4 is 14.8 Å². The van der Waals surface area contributed by atoms with Gasteiger partial charge in [-0.05, 0) is 36.2 Å². The molecule has 3 nitrogen and oxygen atoms in total. The van der Waals surface area contributed by atoms with E-state index in [4.69, 9.17) is 32.7 Å². The fraction of sp³-hybridized carbons (Fsp3) is 0.250. The van der Waals surface area contributed by atoms with E-state index in [9.17, 15) is 0 Å². The molecule has 1 N–H and O–H groups in total. The van der Waals surface area contributed by atoms with E-state index < -0.39 is 0 Å². The normalized spacial score (nSPS) is 14.2. The Morgan fingerprint density at radius 3 is 2.81 bits per heavy atom. The van der Waals surface area contributed by atoms with Crippen LogP contribution in [0.5, 0.6) is 11.5 Å². The summed E-state index contributed by atoms with van der Waals surface area (Å²) in [6.07, 6.45) is 0. The van der Waals surface area contributed by atoms with Gasteiger partial charge < -0.3 is 14.8 Å². The van der Waals surface area contributed by atoms with Crippen LogP contribution in [0.1, 0.15) is 24.1 Å². The van der Waals surface area contributed by atoms with E-state index in [1.54, 1.807) is 6.07 Å². The molecule has 1 unspecified atom stereocenters. The van der Waals surface area contributed by atoms with Crippen LogP contribution in [0.15, 0.2) is 36.4 Å². The van der Waals surface area contributed by atoms with Crippen LogP contribution >= 0.6 is 23.2 Å². The number of ether oxygens (including phenoxy) is 2. The summed E-state index contributed by atoms with van der Waals surface area (Å²) < 4.78 is 10.7. The van der Waals surface area contributed by atoms with Gasteiger partial charge in [-0.1, -0.05) is 41.4 Å². The lowest BCUT2D eigenvalue weighted by Crippen LogP contribution is -2.18. The predicted molar refractivity (Wildman–Crippen MR) is 84.3 cm³/mol. The zero-order valence-electron chi connectivity index (χ0n) is 11.5. The van der Waals surface area contributed by atoms with Crippen LogP contribution in [0.4, 0.5) is 0 Å². The van der Waals surface area contributed by atoms with Crippen molar-refractivity contribution in [2.45, 2.75) is 19.5 Å². The van der Waals surface area contributed by atoms with Crippen LogP contribution in [-0.2, 0) is 6.54 Å². The minimum atomic E-state index is 0.162. The van der Waals surface area contributed by atoms with Crippen LogP contribution in [0.2, 0.25) is 10.0 Å². The van der Waals surface area contributed by atoms with Gasteiger partial charge in [-0.3, -0.25) is 0 Å². The van der Waals surface area contributed by atoms with Crippen molar-refractivity contribution < 1.29 is 9.47 Å². The second kappa shape index (κ2) is 6.14. The molecule has 0 spiro atoms. The molecule has 0 saturated heterocycles. The summed E-state index contributed by atoms with van der Waals surface area (Å²) in [5, 5.41) is 4.61. The van der Waals surface area contributed by atoms with Gasteiger partial charge in [-0.2, -0.15) is 0 Å². The van der Waals surface area contributed by atoms with E-state index in [1.807, 2.05) is 30.3 Å². The molecule has 2 aromatic rings. The molecule has 0 fully saturated rings. The number of hydrogen-bond donors (Lipinski definition) is 1. The first-order valence-corrected chi connectivity index (χ1v) is 7.46. The van der Waals surface area contributed by atoms with Crippen LogP contribution in [0.3, 0.4) is 0 Å². The van der Waals surface area contributed by atoms with Crippen molar-refractivity contribution in [3.8, 4) is 11.5 Å². The van der Waals surface area contributed by atoms with Gasteiger partial charge in [-0.15, -0.1) is 0 Å². The zero-order chi connectivity index (χ0) is 14.8. The Hall–Kier alpha value is -1.42. The van der Waals surface area contributed by atoms with E-state index in [2.05, 4.69) is 12.2 Å². The van der Waals surface area contributed by atoms with Crippen molar-refractivity contribution in [2.24, 2.45) is 0 Å². The molecule has 0 amide bonds. The van der Waals surface area contributed by atoms with Crippen molar-refractivity contribution in [1.82, 2.24) is 5.32 Å². The number of rotatable bonds is 4. The molecule has 1 heterocycles. The minimum Gasteiger partial charge on any atom is -0.454 e. The molecular formula is C16H15Cl2NO2. The number of fused-ring (bicyclic) bond motifs is 1. The van der Waals surface area contributed by atoms with Crippen molar-refractivity contribution in [3.63, 3.8) is 0 Å². The van der Waals surface area contributed by atoms with Crippen molar-refractivity contribution in [1.29, 1.82) is 0 Å². The fourth-order valence-corrected chi connectivity index (χ4v) is 2.64. The van der Waals surface area contributed by atoms with E-state index in [0.717, 1.165) is 22.6 Å². The SMILES string of the molecule is CC(NCc1cccc(Cl)c1Cl)c1ccc2c(c1)OCO2. The van der Waals surface area contributed by atoms with Crippen molar-refractivity contribution in [3.05, 3.63) is 57.6 Å². The molecule has 0 radical (unpaired) electrons. The van der Waals surface area contributed by atoms with Gasteiger partial charge in [0.2, 0.25) is 6.79 Å². The van der Waals surface area contributed by atoms with Gasteiger partial charge in [-0.25, -0.2) is 0 Å². The average Bonchev–Trinajstić information content (AvgIpc) is 2.96. The maximum Gasteiger partial charge on any atom is 0.231 e. The van der Waals surface area contributed by atoms with Gasteiger partial charge in [0.25, 0.3) is 0 Å². The topological polar surface area (TPSA) is 30.5 Å². The van der Waals surface area contributed by atoms with Crippen LogP contribution in [0, 0.1) is 0 Å². The largest absolute Gasteiger partial charge is 0.454 e. The minimum absolute atomic E-state index is 0.162. The summed E-state index contributed by atoms with van der Waals surface area (Å²) in [4.78, 5) is 0. The molecule has 2 aromatic carbocycles. The fourth-order valence-electron chi connectivity index (χ4n) is 2.25. The third-order valence-electron chi connectivity index (χ3n) is 3.53. The second-order valence-electron chi connectivity index (χ2n) is 4.93. The van der Waals surface area contributed by atoms with Crippen molar-refractivity contribution >= 4 is 23.2 Å². The Labute approximate surface area is 133 Å². The first-order valence-electron chi connectivity index (χ1n) is 6.71. The van der Waals surface area contributed by atoms with E-state index in [1.165, 1.54) is 0 Å². The zero-order valence-corrected chi connectivity index (χ0v) is 13.0. The number of halogens is 2. The van der Waals surface area contributed by atoms with E-state index in [-0.39, 0.29) is 6.04 Å². The molecule has 21 heavy (non-hydrogen) atoms. The van der Waals surface area contributed by atoms with Crippen LogP contribution in [-0.4, -0.2) is 6.79 Å². The standard InChI is InChI=1S/C16H15Cl2NO2/c1-10(11-5-6-14-15(7-11)21-9-20-14)19-8-12-3-2-4-13(17)16(12)18/h2-7,10,19H,8-9H2,1H3. The molecule has 1 aliphatic rings. The maximum absolute atomic E-state index is 6.19. The number of benzene rings is 2. The molecule has 0 aromatic heterocycles. The summed E-state index contributed by atoms with van der Waals surface area (Å²) in [6.45, 7) is 3.03. The highest BCUT2D eigenvalue weighted by atomic mass is 35.5. The third-order valence-corrected chi connectivity index (χ3v) is 4.38. The monoisotopic (exact) mass is 323 g/mol. The first kappa shape index (κ1) is 14.5. The Kier molecular flexibility index (Phi) is 4.24. The molecule has 0 aliphatic carbocycles. The molecule has 1 aliphatic heterocycles.